The number of hydrogen-bond donors (Lipinski definition) is 1. The van der Waals surface area contributed by atoms with E-state index in [9.17, 15) is 19.0 Å². The molecule has 3 unspecified atom stereocenters. The lowest BCUT2D eigenvalue weighted by Crippen LogP contribution is -2.47. The Bertz CT molecular complexity index is 1360. The molecule has 0 aromatic carbocycles. The zero-order valence-electron chi connectivity index (χ0n) is 49.8. The van der Waals surface area contributed by atoms with Crippen molar-refractivity contribution >= 4 is 19.7 Å². The van der Waals surface area contributed by atoms with Crippen molar-refractivity contribution in [2.24, 2.45) is 0 Å². The molecule has 0 spiro atoms. The average molecular weight is 1060 g/mol. The summed E-state index contributed by atoms with van der Waals surface area (Å²) in [5.74, 6) is -0.606. The van der Waals surface area contributed by atoms with Crippen LogP contribution in [-0.2, 0) is 27.9 Å². The van der Waals surface area contributed by atoms with Crippen LogP contribution in [0.3, 0.4) is 0 Å². The van der Waals surface area contributed by atoms with E-state index in [1.165, 1.54) is 218 Å². The smallest absolute Gasteiger partial charge is 0.306 e. The molecule has 0 aromatic heterocycles. The number of phosphoric acid groups is 1. The Morgan fingerprint density at radius 2 is 0.838 bits per heavy atom. The number of allylic oxidation sites excluding steroid dienone is 5. The number of unbranched alkanes of at least 4 members (excludes halogenated alkanes) is 38. The van der Waals surface area contributed by atoms with Crippen molar-refractivity contribution in [3.05, 3.63) is 36.5 Å². The van der Waals surface area contributed by atoms with Gasteiger partial charge in [0.2, 0.25) is 5.91 Å². The lowest BCUT2D eigenvalue weighted by molar-refractivity contribution is -0.870. The summed E-state index contributed by atoms with van der Waals surface area (Å²) in [5.41, 5.74) is 0. The SMILES string of the molecule is CCCCCCCC/C=C\C/C=C/CCC(=O)NC(COP(=O)([O-])OCC[N+](C)(C)C)C(/C=C\CCCCCCCCCCCC)OC(=O)CCCCCCCCCCCCCCCCCCCCCCCCC. The van der Waals surface area contributed by atoms with Crippen LogP contribution in [0, 0.1) is 0 Å². The van der Waals surface area contributed by atoms with E-state index < -0.39 is 26.6 Å². The normalized spacial score (nSPS) is 13.9. The van der Waals surface area contributed by atoms with Crippen molar-refractivity contribution in [2.75, 3.05) is 40.9 Å². The summed E-state index contributed by atoms with van der Waals surface area (Å²) in [4.78, 5) is 39.9. The van der Waals surface area contributed by atoms with Crippen LogP contribution < -0.4 is 10.2 Å². The van der Waals surface area contributed by atoms with Crippen LogP contribution in [0.1, 0.15) is 310 Å². The minimum Gasteiger partial charge on any atom is -0.756 e. The lowest BCUT2D eigenvalue weighted by Gasteiger charge is -2.30. The van der Waals surface area contributed by atoms with Crippen LogP contribution in [0.15, 0.2) is 36.5 Å². The molecule has 0 aliphatic heterocycles. The van der Waals surface area contributed by atoms with Crippen molar-refractivity contribution in [1.82, 2.24) is 5.32 Å². The van der Waals surface area contributed by atoms with E-state index >= 15 is 0 Å². The van der Waals surface area contributed by atoms with Gasteiger partial charge in [-0.15, -0.1) is 0 Å². The monoisotopic (exact) mass is 1060 g/mol. The molecule has 9 nitrogen and oxygen atoms in total. The average Bonchev–Trinajstić information content (AvgIpc) is 3.36. The Balaban J connectivity index is 5.15. The minimum atomic E-state index is -4.71. The van der Waals surface area contributed by atoms with Gasteiger partial charge in [0.05, 0.1) is 33.8 Å². The first-order chi connectivity index (χ1) is 35.9. The van der Waals surface area contributed by atoms with Crippen molar-refractivity contribution < 1.29 is 37.3 Å². The van der Waals surface area contributed by atoms with Gasteiger partial charge >= 0.3 is 5.97 Å². The Labute approximate surface area is 459 Å². The third-order valence-electron chi connectivity index (χ3n) is 14.3. The number of carbonyl (C=O) groups excluding carboxylic acids is 2. The number of phosphoric ester groups is 1. The summed E-state index contributed by atoms with van der Waals surface area (Å²) >= 11 is 0. The second-order valence-corrected chi connectivity index (χ2v) is 24.3. The molecule has 0 aliphatic rings. The van der Waals surface area contributed by atoms with E-state index in [-0.39, 0.29) is 31.3 Å². The molecule has 0 bridgehead atoms. The molecule has 0 aliphatic carbocycles. The fourth-order valence-electron chi connectivity index (χ4n) is 9.40. The highest BCUT2D eigenvalue weighted by molar-refractivity contribution is 7.45. The van der Waals surface area contributed by atoms with Crippen molar-refractivity contribution in [3.63, 3.8) is 0 Å². The molecule has 0 saturated carbocycles. The van der Waals surface area contributed by atoms with E-state index in [4.69, 9.17) is 13.8 Å². The Hall–Kier alpha value is -1.77. The maximum Gasteiger partial charge on any atom is 0.306 e. The zero-order chi connectivity index (χ0) is 54.3. The molecule has 1 N–H and O–H groups in total. The third-order valence-corrected chi connectivity index (χ3v) is 15.3. The van der Waals surface area contributed by atoms with E-state index in [0.29, 0.717) is 17.4 Å². The van der Waals surface area contributed by atoms with Gasteiger partial charge in [-0.1, -0.05) is 282 Å². The largest absolute Gasteiger partial charge is 0.756 e. The molecule has 3 atom stereocenters. The van der Waals surface area contributed by atoms with Gasteiger partial charge in [-0.2, -0.15) is 0 Å². The van der Waals surface area contributed by atoms with Crippen LogP contribution in [-0.4, -0.2) is 69.4 Å². The maximum atomic E-state index is 13.5. The highest BCUT2D eigenvalue weighted by Gasteiger charge is 2.27. The number of hydrogen-bond acceptors (Lipinski definition) is 7. The number of amides is 1. The van der Waals surface area contributed by atoms with Gasteiger partial charge in [-0.3, -0.25) is 14.2 Å². The molecule has 436 valence electrons. The number of ether oxygens (including phenoxy) is 1. The topological polar surface area (TPSA) is 114 Å². The van der Waals surface area contributed by atoms with Crippen LogP contribution in [0.25, 0.3) is 0 Å². The summed E-state index contributed by atoms with van der Waals surface area (Å²) in [6.45, 7) is 6.82. The fourth-order valence-corrected chi connectivity index (χ4v) is 10.1. The van der Waals surface area contributed by atoms with Gasteiger partial charge in [0.1, 0.15) is 19.3 Å². The predicted octanol–water partition coefficient (Wildman–Crippen LogP) is 18.9. The highest BCUT2D eigenvalue weighted by Crippen LogP contribution is 2.38. The molecule has 0 aromatic rings. The van der Waals surface area contributed by atoms with E-state index in [1.54, 1.807) is 0 Å². The second-order valence-electron chi connectivity index (χ2n) is 22.9. The number of carbonyl (C=O) groups is 2. The first-order valence-corrected chi connectivity index (χ1v) is 33.3. The van der Waals surface area contributed by atoms with Gasteiger partial charge in [0.15, 0.2) is 0 Å². The Morgan fingerprint density at radius 3 is 1.24 bits per heavy atom. The number of rotatable bonds is 58. The number of likely N-dealkylation sites (N-methyl/N-ethyl adjacent to an activating group) is 1. The third kappa shape index (κ3) is 55.0. The summed E-state index contributed by atoms with van der Waals surface area (Å²) in [5, 5.41) is 2.99. The van der Waals surface area contributed by atoms with Crippen LogP contribution in [0.2, 0.25) is 0 Å². The van der Waals surface area contributed by atoms with Crippen molar-refractivity contribution in [3.8, 4) is 0 Å². The van der Waals surface area contributed by atoms with Gasteiger partial charge in [0, 0.05) is 12.8 Å². The maximum absolute atomic E-state index is 13.5. The van der Waals surface area contributed by atoms with Gasteiger partial charge in [-0.05, 0) is 51.0 Å². The Kier molecular flexibility index (Phi) is 53.3. The molecular formula is C64H123N2O7P. The molecule has 74 heavy (non-hydrogen) atoms. The highest BCUT2D eigenvalue weighted by atomic mass is 31.2. The number of nitrogens with one attached hydrogen (secondary N) is 1. The van der Waals surface area contributed by atoms with Crippen molar-refractivity contribution in [2.45, 2.75) is 322 Å². The number of nitrogens with zero attached hydrogens (tertiary/aromatic N) is 1. The first-order valence-electron chi connectivity index (χ1n) is 31.8. The Morgan fingerprint density at radius 1 is 0.473 bits per heavy atom. The summed E-state index contributed by atoms with van der Waals surface area (Å²) in [6.07, 6.45) is 65.7. The molecule has 1 amide bonds. The van der Waals surface area contributed by atoms with Gasteiger partial charge < -0.3 is 28.5 Å². The van der Waals surface area contributed by atoms with Crippen LogP contribution in [0.4, 0.5) is 0 Å². The fraction of sp³-hybridized carbons (Fsp3) is 0.875. The molecule has 0 heterocycles. The summed E-state index contributed by atoms with van der Waals surface area (Å²) < 4.78 is 30.3. The summed E-state index contributed by atoms with van der Waals surface area (Å²) in [6, 6.07) is -0.914. The molecule has 10 heteroatoms. The summed E-state index contributed by atoms with van der Waals surface area (Å²) in [7, 11) is 1.17. The minimum absolute atomic E-state index is 0.0292. The van der Waals surface area contributed by atoms with Crippen LogP contribution in [0.5, 0.6) is 0 Å². The number of quaternary nitrogens is 1. The molecule has 0 saturated heterocycles. The molecular weight excluding hydrogens is 940 g/mol. The predicted molar refractivity (Wildman–Crippen MR) is 316 cm³/mol. The quantitative estimate of drug-likeness (QED) is 0.0212. The molecule has 0 fully saturated rings. The molecule has 0 rings (SSSR count). The molecule has 0 radical (unpaired) electrons. The van der Waals surface area contributed by atoms with Gasteiger partial charge in [0.25, 0.3) is 7.82 Å². The zero-order valence-corrected chi connectivity index (χ0v) is 50.7. The van der Waals surface area contributed by atoms with E-state index in [1.807, 2.05) is 39.4 Å². The lowest BCUT2D eigenvalue weighted by atomic mass is 10.0. The first kappa shape index (κ1) is 72.2. The standard InChI is InChI=1S/C64H123N2O7P/c1-7-10-13-16-19-22-25-28-29-30-31-32-33-34-35-36-37-39-42-45-48-51-54-57-64(68)73-62(55-52-49-46-43-40-27-24-21-18-15-12-9-3)61(60-72-74(69,70)71-59-58-66(4,5)6)65-63(67)56-53-50-47-44-41-38-26-23-20-17-14-11-8-2/h38,41,47,50,52,55,61-62H,7-37,39-40,42-46,48-49,51,53-54,56-60H2,1-6H3,(H-,65,67,69,70)/b41-38-,50-47+,55-52-. The van der Waals surface area contributed by atoms with Crippen LogP contribution >= 0.6 is 7.82 Å². The van der Waals surface area contributed by atoms with Crippen molar-refractivity contribution in [1.29, 1.82) is 0 Å². The van der Waals surface area contributed by atoms with Gasteiger partial charge in [-0.25, -0.2) is 0 Å². The van der Waals surface area contributed by atoms with E-state index in [0.717, 1.165) is 51.4 Å². The number of esters is 1. The van der Waals surface area contributed by atoms with E-state index in [2.05, 4.69) is 44.3 Å². The second kappa shape index (κ2) is 54.6.